The van der Waals surface area contributed by atoms with Crippen molar-refractivity contribution in [3.8, 4) is 5.82 Å². The van der Waals surface area contributed by atoms with Crippen LogP contribution in [0.15, 0.2) is 9.73 Å². The molecular weight excluding hydrogens is 342 g/mol. The van der Waals surface area contributed by atoms with Crippen LogP contribution in [0, 0.1) is 0 Å². The number of nitrogens with two attached hydrogens (primary N) is 1. The lowest BCUT2D eigenvalue weighted by molar-refractivity contribution is 0.0332. The summed E-state index contributed by atoms with van der Waals surface area (Å²) in [6.45, 7) is 6.89. The summed E-state index contributed by atoms with van der Waals surface area (Å²) in [4.78, 5) is 14.7. The number of carbonyl (C=O) groups is 1. The zero-order valence-corrected chi connectivity index (χ0v) is 14.7. The largest absolute Gasteiger partial charge is 0.379 e. The molecule has 1 aliphatic heterocycles. The van der Waals surface area contributed by atoms with Gasteiger partial charge in [0, 0.05) is 25.3 Å². The van der Waals surface area contributed by atoms with Gasteiger partial charge in [-0.2, -0.15) is 9.78 Å². The quantitative estimate of drug-likeness (QED) is 0.515. The van der Waals surface area contributed by atoms with Gasteiger partial charge in [0.25, 0.3) is 5.91 Å². The molecule has 0 aromatic carbocycles. The highest BCUT2D eigenvalue weighted by molar-refractivity contribution is 5.94. The molecule has 1 amide bonds. The first-order valence-electron chi connectivity index (χ1n) is 8.26. The molecule has 12 nitrogen and oxygen atoms in total. The van der Waals surface area contributed by atoms with Crippen molar-refractivity contribution in [2.24, 2.45) is 5.10 Å². The van der Waals surface area contributed by atoms with E-state index >= 15 is 0 Å². The SMILES string of the molecule is CC/C(C)=N\NC(=O)c1nnn(-c2nonc2N)c1CN1CCOCC1. The van der Waals surface area contributed by atoms with Gasteiger partial charge in [0.05, 0.1) is 18.9 Å². The summed E-state index contributed by atoms with van der Waals surface area (Å²) in [6, 6.07) is 0. The van der Waals surface area contributed by atoms with Crippen molar-refractivity contribution < 1.29 is 14.2 Å². The van der Waals surface area contributed by atoms with Crippen molar-refractivity contribution in [1.82, 2.24) is 35.6 Å². The molecule has 140 valence electrons. The van der Waals surface area contributed by atoms with Gasteiger partial charge in [-0.15, -0.1) is 5.10 Å². The highest BCUT2D eigenvalue weighted by Gasteiger charge is 2.26. The molecule has 0 atom stereocenters. The van der Waals surface area contributed by atoms with E-state index < -0.39 is 5.91 Å². The number of nitrogen functional groups attached to an aromatic ring is 1. The first-order chi connectivity index (χ1) is 12.6. The molecule has 2 aromatic heterocycles. The standard InChI is InChI=1S/C14H21N9O3/c1-3-9(2)16-18-14(24)11-10(8-22-4-6-25-7-5-22)23(21-17-11)13-12(15)19-26-20-13/h3-8H2,1-2H3,(H2,15,19)(H,18,24)/b16-9-. The molecule has 0 radical (unpaired) electrons. The molecule has 3 N–H and O–H groups in total. The second kappa shape index (κ2) is 8.01. The molecule has 0 aliphatic carbocycles. The Morgan fingerprint density at radius 2 is 2.12 bits per heavy atom. The highest BCUT2D eigenvalue weighted by atomic mass is 16.6. The lowest BCUT2D eigenvalue weighted by Crippen LogP contribution is -2.37. The van der Waals surface area contributed by atoms with Crippen LogP contribution in [0.5, 0.6) is 0 Å². The third kappa shape index (κ3) is 3.86. The molecule has 0 saturated carbocycles. The molecule has 2 aromatic rings. The monoisotopic (exact) mass is 363 g/mol. The van der Waals surface area contributed by atoms with Crippen LogP contribution in [-0.4, -0.2) is 68.1 Å². The van der Waals surface area contributed by atoms with Crippen LogP contribution in [0.4, 0.5) is 5.82 Å². The zero-order chi connectivity index (χ0) is 18.5. The molecule has 26 heavy (non-hydrogen) atoms. The van der Waals surface area contributed by atoms with Gasteiger partial charge in [0.1, 0.15) is 0 Å². The minimum Gasteiger partial charge on any atom is -0.379 e. The Bertz CT molecular complexity index is 791. The number of carbonyl (C=O) groups excluding carboxylic acids is 1. The van der Waals surface area contributed by atoms with Crippen LogP contribution >= 0.6 is 0 Å². The number of morpholine rings is 1. The van der Waals surface area contributed by atoms with Gasteiger partial charge >= 0.3 is 0 Å². The summed E-state index contributed by atoms with van der Waals surface area (Å²) in [5, 5.41) is 19.3. The van der Waals surface area contributed by atoms with Crippen LogP contribution in [0.1, 0.15) is 36.5 Å². The molecule has 1 aliphatic rings. The maximum absolute atomic E-state index is 12.5. The van der Waals surface area contributed by atoms with E-state index in [1.54, 1.807) is 0 Å². The molecule has 3 rings (SSSR count). The third-order valence-electron chi connectivity index (χ3n) is 4.01. The van der Waals surface area contributed by atoms with Crippen molar-refractivity contribution in [2.75, 3.05) is 32.0 Å². The Hall–Kier alpha value is -2.86. The summed E-state index contributed by atoms with van der Waals surface area (Å²) < 4.78 is 11.4. The van der Waals surface area contributed by atoms with Crippen molar-refractivity contribution in [1.29, 1.82) is 0 Å². The number of ether oxygens (including phenoxy) is 1. The zero-order valence-electron chi connectivity index (χ0n) is 14.7. The van der Waals surface area contributed by atoms with Gasteiger partial charge in [-0.25, -0.2) is 10.1 Å². The second-order valence-corrected chi connectivity index (χ2v) is 5.80. The van der Waals surface area contributed by atoms with E-state index in [1.807, 2.05) is 13.8 Å². The molecule has 1 fully saturated rings. The normalized spacial score (nSPS) is 16.0. The Labute approximate surface area is 149 Å². The highest BCUT2D eigenvalue weighted by Crippen LogP contribution is 2.18. The Morgan fingerprint density at radius 1 is 1.35 bits per heavy atom. The number of rotatable bonds is 6. The fraction of sp³-hybridized carbons (Fsp3) is 0.571. The molecular formula is C14H21N9O3. The van der Waals surface area contributed by atoms with Gasteiger partial charge in [0.15, 0.2) is 5.69 Å². The van der Waals surface area contributed by atoms with E-state index in [0.29, 0.717) is 25.5 Å². The fourth-order valence-electron chi connectivity index (χ4n) is 2.38. The molecule has 0 unspecified atom stereocenters. The lowest BCUT2D eigenvalue weighted by Gasteiger charge is -2.26. The van der Waals surface area contributed by atoms with Gasteiger partial charge in [-0.05, 0) is 23.7 Å². The molecule has 0 bridgehead atoms. The van der Waals surface area contributed by atoms with Crippen LogP contribution in [0.25, 0.3) is 5.82 Å². The first kappa shape index (κ1) is 17.9. The first-order valence-corrected chi connectivity index (χ1v) is 8.26. The maximum atomic E-state index is 12.5. The Balaban J connectivity index is 1.92. The second-order valence-electron chi connectivity index (χ2n) is 5.80. The number of nitrogens with zero attached hydrogens (tertiary/aromatic N) is 7. The summed E-state index contributed by atoms with van der Waals surface area (Å²) in [6.07, 6.45) is 0.731. The van der Waals surface area contributed by atoms with E-state index in [4.69, 9.17) is 10.5 Å². The molecule has 3 heterocycles. The molecule has 1 saturated heterocycles. The summed E-state index contributed by atoms with van der Waals surface area (Å²) >= 11 is 0. The van der Waals surface area contributed by atoms with Crippen LogP contribution in [-0.2, 0) is 11.3 Å². The number of hydrogen-bond donors (Lipinski definition) is 2. The smallest absolute Gasteiger partial charge is 0.293 e. The average Bonchev–Trinajstić information content (AvgIpc) is 3.26. The van der Waals surface area contributed by atoms with E-state index in [0.717, 1.165) is 25.2 Å². The topological polar surface area (TPSA) is 150 Å². The van der Waals surface area contributed by atoms with Gasteiger partial charge in [-0.1, -0.05) is 12.1 Å². The van der Waals surface area contributed by atoms with Crippen molar-refractivity contribution in [3.05, 3.63) is 11.4 Å². The summed E-state index contributed by atoms with van der Waals surface area (Å²) in [7, 11) is 0. The predicted molar refractivity (Wildman–Crippen MR) is 90.6 cm³/mol. The van der Waals surface area contributed by atoms with Crippen LogP contribution in [0.2, 0.25) is 0 Å². The average molecular weight is 363 g/mol. The van der Waals surface area contributed by atoms with E-state index in [9.17, 15) is 4.79 Å². The van der Waals surface area contributed by atoms with Crippen LogP contribution in [0.3, 0.4) is 0 Å². The van der Waals surface area contributed by atoms with Crippen molar-refractivity contribution in [2.45, 2.75) is 26.8 Å². The minimum atomic E-state index is -0.456. The number of hydrazone groups is 1. The Kier molecular flexibility index (Phi) is 5.53. The molecule has 0 spiro atoms. The number of nitrogens with one attached hydrogen (secondary N) is 1. The Morgan fingerprint density at radius 3 is 2.77 bits per heavy atom. The van der Waals surface area contributed by atoms with E-state index in [2.05, 4.69) is 40.7 Å². The van der Waals surface area contributed by atoms with Gasteiger partial charge in [-0.3, -0.25) is 9.69 Å². The minimum absolute atomic E-state index is 0.0601. The maximum Gasteiger partial charge on any atom is 0.293 e. The number of anilines is 1. The number of hydrogen-bond acceptors (Lipinski definition) is 10. The lowest BCUT2D eigenvalue weighted by atomic mass is 10.2. The predicted octanol–water partition coefficient (Wildman–Crippen LogP) is -0.420. The van der Waals surface area contributed by atoms with Crippen molar-refractivity contribution in [3.63, 3.8) is 0 Å². The van der Waals surface area contributed by atoms with Gasteiger partial charge < -0.3 is 10.5 Å². The number of amides is 1. The molecule has 12 heteroatoms. The van der Waals surface area contributed by atoms with Crippen LogP contribution < -0.4 is 11.2 Å². The fourth-order valence-corrected chi connectivity index (χ4v) is 2.38. The summed E-state index contributed by atoms with van der Waals surface area (Å²) in [5.41, 5.74) is 9.73. The van der Waals surface area contributed by atoms with E-state index in [1.165, 1.54) is 4.68 Å². The number of aromatic nitrogens is 5. The third-order valence-corrected chi connectivity index (χ3v) is 4.01. The van der Waals surface area contributed by atoms with Crippen molar-refractivity contribution >= 4 is 17.4 Å². The van der Waals surface area contributed by atoms with Gasteiger partial charge in [0.2, 0.25) is 11.6 Å². The van der Waals surface area contributed by atoms with E-state index in [-0.39, 0.29) is 17.3 Å². The summed E-state index contributed by atoms with van der Waals surface area (Å²) in [5.74, 6) is -0.208.